The van der Waals surface area contributed by atoms with E-state index in [2.05, 4.69) is 10.5 Å². The van der Waals surface area contributed by atoms with Crippen LogP contribution in [0.4, 0.5) is 0 Å². The molecule has 0 aliphatic carbocycles. The fraction of sp³-hybridized carbons (Fsp3) is 0.250. The van der Waals surface area contributed by atoms with Crippen molar-refractivity contribution >= 4 is 17.2 Å². The van der Waals surface area contributed by atoms with Gasteiger partial charge in [-0.25, -0.2) is 0 Å². The van der Waals surface area contributed by atoms with Crippen molar-refractivity contribution in [1.82, 2.24) is 15.0 Å². The number of hydrogen-bond donors (Lipinski definition) is 1. The molecule has 0 bridgehead atoms. The van der Waals surface area contributed by atoms with E-state index in [-0.39, 0.29) is 5.91 Å². The second-order valence-corrected chi connectivity index (χ2v) is 6.21. The second-order valence-electron chi connectivity index (χ2n) is 5.18. The van der Waals surface area contributed by atoms with Crippen LogP contribution in [0.15, 0.2) is 34.2 Å². The molecular formula is C16H17N3O2S. The first-order valence-corrected chi connectivity index (χ1v) is 7.87. The van der Waals surface area contributed by atoms with Crippen LogP contribution >= 0.6 is 11.3 Å². The standard InChI is InChI=1S/C16H17N3O2S/c1-10-7-14(16(20)17-9-13-5-4-6-22-13)12(3)19(10)15-8-11(2)21-18-15/h4-8H,9H2,1-3H3,(H,17,20). The van der Waals surface area contributed by atoms with E-state index in [4.69, 9.17) is 4.52 Å². The minimum atomic E-state index is -0.0760. The Morgan fingerprint density at radius 3 is 2.82 bits per heavy atom. The molecule has 0 spiro atoms. The molecule has 0 atom stereocenters. The van der Waals surface area contributed by atoms with Gasteiger partial charge in [-0.2, -0.15) is 0 Å². The summed E-state index contributed by atoms with van der Waals surface area (Å²) < 4.78 is 7.05. The largest absolute Gasteiger partial charge is 0.360 e. The molecule has 114 valence electrons. The van der Waals surface area contributed by atoms with E-state index in [1.807, 2.05) is 55.0 Å². The van der Waals surface area contributed by atoms with E-state index in [1.54, 1.807) is 11.3 Å². The molecule has 0 aliphatic rings. The smallest absolute Gasteiger partial charge is 0.253 e. The predicted octanol–water partition coefficient (Wildman–Crippen LogP) is 3.38. The zero-order valence-corrected chi connectivity index (χ0v) is 13.5. The Morgan fingerprint density at radius 2 is 2.18 bits per heavy atom. The first-order chi connectivity index (χ1) is 10.6. The zero-order valence-electron chi connectivity index (χ0n) is 12.7. The highest BCUT2D eigenvalue weighted by Gasteiger charge is 2.18. The van der Waals surface area contributed by atoms with Crippen molar-refractivity contribution in [3.8, 4) is 5.82 Å². The summed E-state index contributed by atoms with van der Waals surface area (Å²) in [6, 6.07) is 7.72. The van der Waals surface area contributed by atoms with Gasteiger partial charge in [0.25, 0.3) is 5.91 Å². The fourth-order valence-electron chi connectivity index (χ4n) is 2.48. The van der Waals surface area contributed by atoms with Gasteiger partial charge in [0.1, 0.15) is 5.76 Å². The summed E-state index contributed by atoms with van der Waals surface area (Å²) in [6.07, 6.45) is 0. The van der Waals surface area contributed by atoms with E-state index in [1.165, 1.54) is 0 Å². The number of thiophene rings is 1. The molecule has 0 saturated carbocycles. The van der Waals surface area contributed by atoms with Crippen molar-refractivity contribution in [2.75, 3.05) is 0 Å². The van der Waals surface area contributed by atoms with Crippen LogP contribution in [0.5, 0.6) is 0 Å². The Hall–Kier alpha value is -2.34. The molecule has 3 aromatic rings. The van der Waals surface area contributed by atoms with E-state index in [0.717, 1.165) is 22.0 Å². The molecule has 3 heterocycles. The highest BCUT2D eigenvalue weighted by molar-refractivity contribution is 7.09. The number of rotatable bonds is 4. The van der Waals surface area contributed by atoms with Crippen LogP contribution in [0, 0.1) is 20.8 Å². The normalized spacial score (nSPS) is 10.9. The maximum absolute atomic E-state index is 12.4. The van der Waals surface area contributed by atoms with Gasteiger partial charge in [0.15, 0.2) is 5.82 Å². The van der Waals surface area contributed by atoms with Crippen LogP contribution < -0.4 is 5.32 Å². The fourth-order valence-corrected chi connectivity index (χ4v) is 3.12. The van der Waals surface area contributed by atoms with Crippen LogP contribution in [0.25, 0.3) is 5.82 Å². The zero-order chi connectivity index (χ0) is 15.7. The van der Waals surface area contributed by atoms with E-state index >= 15 is 0 Å². The molecule has 6 heteroatoms. The van der Waals surface area contributed by atoms with Crippen molar-refractivity contribution in [3.05, 3.63) is 57.2 Å². The molecule has 5 nitrogen and oxygen atoms in total. The molecule has 0 aromatic carbocycles. The Bertz CT molecular complexity index is 800. The molecule has 22 heavy (non-hydrogen) atoms. The molecule has 3 aromatic heterocycles. The third-order valence-corrected chi connectivity index (χ3v) is 4.40. The third kappa shape index (κ3) is 2.69. The summed E-state index contributed by atoms with van der Waals surface area (Å²) in [4.78, 5) is 13.5. The Morgan fingerprint density at radius 1 is 1.36 bits per heavy atom. The van der Waals surface area contributed by atoms with Crippen molar-refractivity contribution in [2.24, 2.45) is 0 Å². The lowest BCUT2D eigenvalue weighted by molar-refractivity contribution is 0.0950. The number of carbonyl (C=O) groups is 1. The van der Waals surface area contributed by atoms with Gasteiger partial charge >= 0.3 is 0 Å². The van der Waals surface area contributed by atoms with E-state index in [9.17, 15) is 4.79 Å². The van der Waals surface area contributed by atoms with Crippen molar-refractivity contribution in [3.63, 3.8) is 0 Å². The molecule has 0 unspecified atom stereocenters. The Labute approximate surface area is 132 Å². The van der Waals surface area contributed by atoms with Gasteiger partial charge in [0, 0.05) is 22.3 Å². The predicted molar refractivity (Wildman–Crippen MR) is 85.5 cm³/mol. The average Bonchev–Trinajstić information content (AvgIpc) is 3.18. The third-order valence-electron chi connectivity index (χ3n) is 3.52. The highest BCUT2D eigenvalue weighted by Crippen LogP contribution is 2.21. The highest BCUT2D eigenvalue weighted by atomic mass is 32.1. The van der Waals surface area contributed by atoms with Crippen molar-refractivity contribution in [2.45, 2.75) is 27.3 Å². The number of hydrogen-bond acceptors (Lipinski definition) is 4. The Kier molecular flexibility index (Phi) is 3.85. The quantitative estimate of drug-likeness (QED) is 0.803. The lowest BCUT2D eigenvalue weighted by Gasteiger charge is -2.06. The summed E-state index contributed by atoms with van der Waals surface area (Å²) in [5.41, 5.74) is 2.47. The number of aromatic nitrogens is 2. The van der Waals surface area contributed by atoms with Crippen LogP contribution in [0.2, 0.25) is 0 Å². The molecule has 0 saturated heterocycles. The Balaban J connectivity index is 1.84. The maximum atomic E-state index is 12.4. The first-order valence-electron chi connectivity index (χ1n) is 6.99. The van der Waals surface area contributed by atoms with Gasteiger partial charge in [-0.15, -0.1) is 11.3 Å². The maximum Gasteiger partial charge on any atom is 0.253 e. The van der Waals surface area contributed by atoms with Crippen LogP contribution in [0.3, 0.4) is 0 Å². The SMILES string of the molecule is Cc1cc(-n2c(C)cc(C(=O)NCc3cccs3)c2C)no1. The van der Waals surface area contributed by atoms with Gasteiger partial charge in [-0.3, -0.25) is 9.36 Å². The van der Waals surface area contributed by atoms with E-state index < -0.39 is 0 Å². The summed E-state index contributed by atoms with van der Waals surface area (Å²) in [5, 5.41) is 8.98. The van der Waals surface area contributed by atoms with Crippen molar-refractivity contribution in [1.29, 1.82) is 0 Å². The van der Waals surface area contributed by atoms with Gasteiger partial charge in [-0.1, -0.05) is 11.2 Å². The molecule has 1 N–H and O–H groups in total. The number of carbonyl (C=O) groups excluding carboxylic acids is 1. The van der Waals surface area contributed by atoms with Gasteiger partial charge in [0.2, 0.25) is 0 Å². The summed E-state index contributed by atoms with van der Waals surface area (Å²) in [7, 11) is 0. The van der Waals surface area contributed by atoms with Crippen LogP contribution in [0.1, 0.15) is 32.4 Å². The van der Waals surface area contributed by atoms with Gasteiger partial charge in [0.05, 0.1) is 12.1 Å². The number of amides is 1. The molecule has 3 rings (SSSR count). The first kappa shape index (κ1) is 14.6. The van der Waals surface area contributed by atoms with Crippen LogP contribution in [-0.2, 0) is 6.54 Å². The summed E-state index contributed by atoms with van der Waals surface area (Å²) >= 11 is 1.63. The minimum absolute atomic E-state index is 0.0760. The second kappa shape index (κ2) is 5.81. The van der Waals surface area contributed by atoms with Gasteiger partial charge < -0.3 is 9.84 Å². The summed E-state index contributed by atoms with van der Waals surface area (Å²) in [5.74, 6) is 1.36. The molecule has 1 amide bonds. The number of nitrogens with zero attached hydrogens (tertiary/aromatic N) is 2. The number of nitrogens with one attached hydrogen (secondary N) is 1. The van der Waals surface area contributed by atoms with Crippen LogP contribution in [-0.4, -0.2) is 15.6 Å². The topological polar surface area (TPSA) is 60.1 Å². The number of aryl methyl sites for hydroxylation is 2. The lowest BCUT2D eigenvalue weighted by atomic mass is 10.2. The molecular weight excluding hydrogens is 298 g/mol. The molecule has 0 radical (unpaired) electrons. The lowest BCUT2D eigenvalue weighted by Crippen LogP contribution is -2.22. The van der Waals surface area contributed by atoms with Crippen molar-refractivity contribution < 1.29 is 9.32 Å². The van der Waals surface area contributed by atoms with E-state index in [0.29, 0.717) is 17.9 Å². The molecule has 0 fully saturated rings. The summed E-state index contributed by atoms with van der Waals surface area (Å²) in [6.45, 7) is 6.26. The average molecular weight is 315 g/mol. The minimum Gasteiger partial charge on any atom is -0.360 e. The molecule has 0 aliphatic heterocycles. The van der Waals surface area contributed by atoms with Gasteiger partial charge in [-0.05, 0) is 38.3 Å². The monoisotopic (exact) mass is 315 g/mol.